The highest BCUT2D eigenvalue weighted by Crippen LogP contribution is 2.23. The normalized spacial score (nSPS) is 17.7. The van der Waals surface area contributed by atoms with Crippen LogP contribution in [-0.2, 0) is 11.2 Å². The zero-order chi connectivity index (χ0) is 16.4. The van der Waals surface area contributed by atoms with Gasteiger partial charge in [-0.15, -0.1) is 0 Å². The Balaban J connectivity index is 1.66. The van der Waals surface area contributed by atoms with Crippen molar-refractivity contribution in [1.29, 1.82) is 0 Å². The highest BCUT2D eigenvalue weighted by Gasteiger charge is 2.25. The number of carbonyl (C=O) groups is 2. The van der Waals surface area contributed by atoms with Crippen molar-refractivity contribution in [3.8, 4) is 0 Å². The lowest BCUT2D eigenvalue weighted by atomic mass is 10.1. The molecule has 5 heteroatoms. The van der Waals surface area contributed by atoms with Gasteiger partial charge in [-0.1, -0.05) is 13.0 Å². The summed E-state index contributed by atoms with van der Waals surface area (Å²) in [5.41, 5.74) is 2.49. The summed E-state index contributed by atoms with van der Waals surface area (Å²) in [6.07, 6.45) is 3.38. The van der Waals surface area contributed by atoms with E-state index >= 15 is 0 Å². The SMILES string of the molecule is CCc1ccc2occ(C(=O)NCC3CCN(C(C)=O)C3)c2c1. The van der Waals surface area contributed by atoms with Crippen molar-refractivity contribution >= 4 is 22.8 Å². The second-order valence-electron chi connectivity index (χ2n) is 6.16. The van der Waals surface area contributed by atoms with E-state index in [1.807, 2.05) is 23.1 Å². The monoisotopic (exact) mass is 314 g/mol. The summed E-state index contributed by atoms with van der Waals surface area (Å²) in [5.74, 6) is 0.317. The van der Waals surface area contributed by atoms with Crippen LogP contribution in [0.5, 0.6) is 0 Å². The molecule has 0 spiro atoms. The van der Waals surface area contributed by atoms with Gasteiger partial charge in [0.05, 0.1) is 5.56 Å². The van der Waals surface area contributed by atoms with Gasteiger partial charge >= 0.3 is 0 Å². The smallest absolute Gasteiger partial charge is 0.255 e. The van der Waals surface area contributed by atoms with E-state index in [9.17, 15) is 9.59 Å². The minimum atomic E-state index is -0.113. The van der Waals surface area contributed by atoms with Gasteiger partial charge in [-0.25, -0.2) is 0 Å². The maximum atomic E-state index is 12.4. The molecule has 1 aromatic carbocycles. The third-order valence-corrected chi connectivity index (χ3v) is 4.57. The summed E-state index contributed by atoms with van der Waals surface area (Å²) in [6, 6.07) is 5.94. The molecule has 1 aliphatic heterocycles. The van der Waals surface area contributed by atoms with Gasteiger partial charge in [-0.2, -0.15) is 0 Å². The van der Waals surface area contributed by atoms with Gasteiger partial charge < -0.3 is 14.6 Å². The number of likely N-dealkylation sites (tertiary alicyclic amines) is 1. The van der Waals surface area contributed by atoms with Gasteiger partial charge in [0.1, 0.15) is 11.8 Å². The van der Waals surface area contributed by atoms with E-state index in [0.29, 0.717) is 18.0 Å². The maximum absolute atomic E-state index is 12.4. The summed E-state index contributed by atoms with van der Waals surface area (Å²) in [5, 5.41) is 3.84. The number of fused-ring (bicyclic) bond motifs is 1. The van der Waals surface area contributed by atoms with Crippen molar-refractivity contribution in [2.24, 2.45) is 5.92 Å². The van der Waals surface area contributed by atoms with E-state index in [4.69, 9.17) is 4.42 Å². The molecule has 1 unspecified atom stereocenters. The van der Waals surface area contributed by atoms with E-state index in [2.05, 4.69) is 12.2 Å². The average Bonchev–Trinajstić information content (AvgIpc) is 3.18. The number of nitrogens with one attached hydrogen (secondary N) is 1. The predicted octanol–water partition coefficient (Wildman–Crippen LogP) is 2.59. The van der Waals surface area contributed by atoms with E-state index < -0.39 is 0 Å². The topological polar surface area (TPSA) is 62.6 Å². The molecule has 2 heterocycles. The van der Waals surface area contributed by atoms with Crippen molar-refractivity contribution < 1.29 is 14.0 Å². The molecule has 1 atom stereocenters. The fourth-order valence-electron chi connectivity index (χ4n) is 3.09. The lowest BCUT2D eigenvalue weighted by molar-refractivity contribution is -0.127. The standard InChI is InChI=1S/C18H22N2O3/c1-3-13-4-5-17-15(8-13)16(11-23-17)18(22)19-9-14-6-7-20(10-14)12(2)21/h4-5,8,11,14H,3,6-7,9-10H2,1-2H3,(H,19,22). The fraction of sp³-hybridized carbons (Fsp3) is 0.444. The molecule has 5 nitrogen and oxygen atoms in total. The summed E-state index contributed by atoms with van der Waals surface area (Å²) in [6.45, 7) is 5.76. The molecule has 1 N–H and O–H groups in total. The number of rotatable bonds is 4. The molecule has 3 rings (SSSR count). The largest absolute Gasteiger partial charge is 0.463 e. The van der Waals surface area contributed by atoms with Crippen molar-refractivity contribution in [3.63, 3.8) is 0 Å². The molecule has 0 radical (unpaired) electrons. The van der Waals surface area contributed by atoms with Gasteiger partial charge in [0.15, 0.2) is 0 Å². The first-order valence-electron chi connectivity index (χ1n) is 8.12. The third kappa shape index (κ3) is 3.23. The Morgan fingerprint density at radius 2 is 2.22 bits per heavy atom. The summed E-state index contributed by atoms with van der Waals surface area (Å²) >= 11 is 0. The summed E-state index contributed by atoms with van der Waals surface area (Å²) < 4.78 is 5.48. The molecule has 2 amide bonds. The first kappa shape index (κ1) is 15.6. The minimum absolute atomic E-state index is 0.103. The highest BCUT2D eigenvalue weighted by molar-refractivity contribution is 6.06. The number of furan rings is 1. The second-order valence-corrected chi connectivity index (χ2v) is 6.16. The molecular formula is C18H22N2O3. The second kappa shape index (κ2) is 6.44. The summed E-state index contributed by atoms with van der Waals surface area (Å²) in [4.78, 5) is 25.6. The Bertz CT molecular complexity index is 735. The van der Waals surface area contributed by atoms with Crippen molar-refractivity contribution in [2.45, 2.75) is 26.7 Å². The van der Waals surface area contributed by atoms with Crippen LogP contribution in [-0.4, -0.2) is 36.3 Å². The van der Waals surface area contributed by atoms with Crippen LogP contribution in [0.2, 0.25) is 0 Å². The first-order valence-corrected chi connectivity index (χ1v) is 8.12. The molecule has 0 aliphatic carbocycles. The van der Waals surface area contributed by atoms with Gasteiger partial charge in [0.2, 0.25) is 5.91 Å². The van der Waals surface area contributed by atoms with Crippen molar-refractivity contribution in [2.75, 3.05) is 19.6 Å². The number of nitrogens with zero attached hydrogens (tertiary/aromatic N) is 1. The molecule has 0 saturated carbocycles. The van der Waals surface area contributed by atoms with Crippen LogP contribution in [0.1, 0.15) is 36.2 Å². The molecule has 0 bridgehead atoms. The number of carbonyl (C=O) groups excluding carboxylic acids is 2. The summed E-state index contributed by atoms with van der Waals surface area (Å²) in [7, 11) is 0. The van der Waals surface area contributed by atoms with Crippen LogP contribution in [0, 0.1) is 5.92 Å². The number of amides is 2. The Labute approximate surface area is 135 Å². The van der Waals surface area contributed by atoms with Crippen LogP contribution < -0.4 is 5.32 Å². The van der Waals surface area contributed by atoms with E-state index in [1.165, 1.54) is 11.8 Å². The molecule has 2 aromatic rings. The van der Waals surface area contributed by atoms with Gasteiger partial charge in [0.25, 0.3) is 5.91 Å². The Morgan fingerprint density at radius 3 is 2.91 bits per heavy atom. The fourth-order valence-corrected chi connectivity index (χ4v) is 3.09. The third-order valence-electron chi connectivity index (χ3n) is 4.57. The van der Waals surface area contributed by atoms with Crippen LogP contribution >= 0.6 is 0 Å². The zero-order valence-electron chi connectivity index (χ0n) is 13.6. The van der Waals surface area contributed by atoms with Crippen LogP contribution in [0.4, 0.5) is 0 Å². The number of aryl methyl sites for hydroxylation is 1. The number of benzene rings is 1. The van der Waals surface area contributed by atoms with E-state index in [0.717, 1.165) is 36.9 Å². The average molecular weight is 314 g/mol. The van der Waals surface area contributed by atoms with E-state index in [1.54, 1.807) is 6.92 Å². The minimum Gasteiger partial charge on any atom is -0.463 e. The van der Waals surface area contributed by atoms with Gasteiger partial charge in [-0.3, -0.25) is 9.59 Å². The Kier molecular flexibility index (Phi) is 4.37. The lowest BCUT2D eigenvalue weighted by Gasteiger charge is -2.14. The lowest BCUT2D eigenvalue weighted by Crippen LogP contribution is -2.32. The van der Waals surface area contributed by atoms with Crippen LogP contribution in [0.3, 0.4) is 0 Å². The molecular weight excluding hydrogens is 292 g/mol. The molecule has 1 saturated heterocycles. The molecule has 23 heavy (non-hydrogen) atoms. The first-order chi connectivity index (χ1) is 11.1. The zero-order valence-corrected chi connectivity index (χ0v) is 13.6. The Morgan fingerprint density at radius 1 is 1.39 bits per heavy atom. The molecule has 1 aliphatic rings. The molecule has 122 valence electrons. The van der Waals surface area contributed by atoms with Crippen molar-refractivity contribution in [3.05, 3.63) is 35.6 Å². The van der Waals surface area contributed by atoms with Gasteiger partial charge in [-0.05, 0) is 36.5 Å². The molecule has 1 aromatic heterocycles. The Hall–Kier alpha value is -2.30. The quantitative estimate of drug-likeness (QED) is 0.943. The van der Waals surface area contributed by atoms with Crippen LogP contribution in [0.25, 0.3) is 11.0 Å². The number of hydrogen-bond acceptors (Lipinski definition) is 3. The highest BCUT2D eigenvalue weighted by atomic mass is 16.3. The van der Waals surface area contributed by atoms with Crippen molar-refractivity contribution in [1.82, 2.24) is 10.2 Å². The van der Waals surface area contributed by atoms with Gasteiger partial charge in [0, 0.05) is 31.9 Å². The maximum Gasteiger partial charge on any atom is 0.255 e. The predicted molar refractivity (Wildman–Crippen MR) is 88.3 cm³/mol. The number of hydrogen-bond donors (Lipinski definition) is 1. The molecule has 1 fully saturated rings. The van der Waals surface area contributed by atoms with Crippen LogP contribution in [0.15, 0.2) is 28.9 Å². The van der Waals surface area contributed by atoms with E-state index in [-0.39, 0.29) is 11.8 Å².